The number of hydrogen-bond donors (Lipinski definition) is 8. The van der Waals surface area contributed by atoms with Gasteiger partial charge < -0.3 is 43.4 Å². The molecule has 0 rings (SSSR count). The predicted octanol–water partition coefficient (Wildman–Crippen LogP) is -1.66. The standard InChI is InChI=1S/C21H40N6O7S/c1-35-11-8-15(21(33)34)26-19(31)14(7-3-5-10-23)25-20(32)16(12-17(28)29)27-18(30)13(24)6-2-4-9-22/h13-16H,2-12,22-24H2,1H3,(H,25,32)(H,26,31)(H,27,30)(H,28,29)(H,33,34). The molecule has 0 saturated carbocycles. The third-order valence-electron chi connectivity index (χ3n) is 5.12. The molecule has 0 aromatic rings. The summed E-state index contributed by atoms with van der Waals surface area (Å²) in [5.41, 5.74) is 16.7. The molecule has 4 atom stereocenters. The second-order valence-corrected chi connectivity index (χ2v) is 9.06. The van der Waals surface area contributed by atoms with Crippen LogP contribution in [0, 0.1) is 0 Å². The lowest BCUT2D eigenvalue weighted by molar-refractivity contribution is -0.143. The summed E-state index contributed by atoms with van der Waals surface area (Å²) in [4.78, 5) is 60.8. The Morgan fingerprint density at radius 1 is 0.743 bits per heavy atom. The lowest BCUT2D eigenvalue weighted by atomic mass is 10.1. The van der Waals surface area contributed by atoms with Crippen LogP contribution >= 0.6 is 11.8 Å². The fourth-order valence-corrected chi connectivity index (χ4v) is 3.57. The van der Waals surface area contributed by atoms with E-state index in [-0.39, 0.29) is 12.8 Å². The third-order valence-corrected chi connectivity index (χ3v) is 5.77. The second kappa shape index (κ2) is 18.9. The minimum atomic E-state index is -1.47. The first-order valence-electron chi connectivity index (χ1n) is 11.6. The molecule has 0 aromatic carbocycles. The maximum atomic E-state index is 12.9. The zero-order chi connectivity index (χ0) is 26.8. The number of rotatable bonds is 20. The van der Waals surface area contributed by atoms with E-state index in [2.05, 4.69) is 16.0 Å². The summed E-state index contributed by atoms with van der Waals surface area (Å²) in [5.74, 6) is -4.36. The lowest BCUT2D eigenvalue weighted by Gasteiger charge is -2.24. The van der Waals surface area contributed by atoms with Gasteiger partial charge in [-0.05, 0) is 63.6 Å². The fraction of sp³-hybridized carbons (Fsp3) is 0.762. The fourth-order valence-electron chi connectivity index (χ4n) is 3.10. The minimum Gasteiger partial charge on any atom is -0.481 e. The average molecular weight is 521 g/mol. The van der Waals surface area contributed by atoms with Gasteiger partial charge in [0.15, 0.2) is 0 Å². The molecule has 0 saturated heterocycles. The summed E-state index contributed by atoms with van der Waals surface area (Å²) in [6, 6.07) is -4.72. The van der Waals surface area contributed by atoms with Crippen LogP contribution in [0.15, 0.2) is 0 Å². The summed E-state index contributed by atoms with van der Waals surface area (Å²) >= 11 is 1.42. The van der Waals surface area contributed by atoms with E-state index in [1.54, 1.807) is 6.26 Å². The van der Waals surface area contributed by atoms with Crippen molar-refractivity contribution in [3.63, 3.8) is 0 Å². The number of carbonyl (C=O) groups is 5. The van der Waals surface area contributed by atoms with Crippen molar-refractivity contribution in [1.29, 1.82) is 0 Å². The second-order valence-electron chi connectivity index (χ2n) is 8.08. The van der Waals surface area contributed by atoms with Crippen molar-refractivity contribution < 1.29 is 34.2 Å². The highest BCUT2D eigenvalue weighted by Crippen LogP contribution is 2.07. The molecule has 0 heterocycles. The highest BCUT2D eigenvalue weighted by atomic mass is 32.2. The van der Waals surface area contributed by atoms with Crippen molar-refractivity contribution in [3.05, 3.63) is 0 Å². The molecular weight excluding hydrogens is 480 g/mol. The Kier molecular flexibility index (Phi) is 17.5. The number of carbonyl (C=O) groups excluding carboxylic acids is 3. The largest absolute Gasteiger partial charge is 0.481 e. The molecule has 0 fully saturated rings. The summed E-state index contributed by atoms with van der Waals surface area (Å²) < 4.78 is 0. The molecule has 0 bridgehead atoms. The number of amides is 3. The van der Waals surface area contributed by atoms with E-state index < -0.39 is 60.2 Å². The molecule has 35 heavy (non-hydrogen) atoms. The Labute approximate surface area is 209 Å². The van der Waals surface area contributed by atoms with E-state index >= 15 is 0 Å². The number of nitrogens with one attached hydrogen (secondary N) is 3. The van der Waals surface area contributed by atoms with Crippen molar-refractivity contribution >= 4 is 41.4 Å². The summed E-state index contributed by atoms with van der Waals surface area (Å²) in [6.45, 7) is 0.791. The molecular formula is C21H40N6O7S. The highest BCUT2D eigenvalue weighted by molar-refractivity contribution is 7.98. The topological polar surface area (TPSA) is 240 Å². The molecule has 0 aliphatic rings. The number of thioether (sulfide) groups is 1. The van der Waals surface area contributed by atoms with Crippen molar-refractivity contribution in [2.45, 2.75) is 75.5 Å². The molecule has 0 spiro atoms. The molecule has 0 aromatic heterocycles. The number of carboxylic acid groups (broad SMARTS) is 2. The van der Waals surface area contributed by atoms with Crippen LogP contribution in [0.25, 0.3) is 0 Å². The van der Waals surface area contributed by atoms with E-state index in [0.717, 1.165) is 0 Å². The average Bonchev–Trinajstić information content (AvgIpc) is 2.79. The summed E-state index contributed by atoms with van der Waals surface area (Å²) in [7, 11) is 0. The molecule has 0 aliphatic heterocycles. The monoisotopic (exact) mass is 520 g/mol. The van der Waals surface area contributed by atoms with E-state index in [1.165, 1.54) is 11.8 Å². The number of aliphatic carboxylic acids is 2. The van der Waals surface area contributed by atoms with E-state index in [0.29, 0.717) is 50.9 Å². The highest BCUT2D eigenvalue weighted by Gasteiger charge is 2.31. The zero-order valence-electron chi connectivity index (χ0n) is 20.2. The molecule has 11 N–H and O–H groups in total. The third kappa shape index (κ3) is 14.5. The van der Waals surface area contributed by atoms with Crippen LogP contribution in [-0.2, 0) is 24.0 Å². The van der Waals surface area contributed by atoms with Crippen LogP contribution in [0.5, 0.6) is 0 Å². The lowest BCUT2D eigenvalue weighted by Crippen LogP contribution is -2.57. The molecule has 13 nitrogen and oxygen atoms in total. The smallest absolute Gasteiger partial charge is 0.326 e. The summed E-state index contributed by atoms with van der Waals surface area (Å²) in [6.07, 6.45) is 3.98. The van der Waals surface area contributed by atoms with Crippen molar-refractivity contribution in [1.82, 2.24) is 16.0 Å². The quantitative estimate of drug-likeness (QED) is 0.0844. The van der Waals surface area contributed by atoms with Gasteiger partial charge in [0.2, 0.25) is 17.7 Å². The van der Waals surface area contributed by atoms with E-state index in [9.17, 15) is 34.2 Å². The first-order valence-corrected chi connectivity index (χ1v) is 13.0. The van der Waals surface area contributed by atoms with Crippen molar-refractivity contribution in [2.24, 2.45) is 17.2 Å². The normalized spacial score (nSPS) is 14.3. The number of hydrogen-bond acceptors (Lipinski definition) is 9. The molecule has 3 amide bonds. The number of unbranched alkanes of at least 4 members (excludes halogenated alkanes) is 2. The molecule has 0 aliphatic carbocycles. The van der Waals surface area contributed by atoms with Gasteiger partial charge in [0.1, 0.15) is 18.1 Å². The minimum absolute atomic E-state index is 0.149. The van der Waals surface area contributed by atoms with Gasteiger partial charge in [-0.25, -0.2) is 4.79 Å². The molecule has 14 heteroatoms. The Morgan fingerprint density at radius 3 is 1.77 bits per heavy atom. The van der Waals surface area contributed by atoms with Gasteiger partial charge in [-0.15, -0.1) is 0 Å². The van der Waals surface area contributed by atoms with Gasteiger partial charge in [0.25, 0.3) is 0 Å². The molecule has 4 unspecified atom stereocenters. The van der Waals surface area contributed by atoms with Gasteiger partial charge in [-0.1, -0.05) is 6.42 Å². The van der Waals surface area contributed by atoms with Crippen LogP contribution in [0.3, 0.4) is 0 Å². The van der Waals surface area contributed by atoms with Crippen molar-refractivity contribution in [2.75, 3.05) is 25.1 Å². The maximum absolute atomic E-state index is 12.9. The number of nitrogens with two attached hydrogens (primary N) is 3. The van der Waals surface area contributed by atoms with Crippen LogP contribution in [0.2, 0.25) is 0 Å². The van der Waals surface area contributed by atoms with Crippen LogP contribution < -0.4 is 33.2 Å². The Hall–Kier alpha value is -2.42. The SMILES string of the molecule is CSCCC(NC(=O)C(CCCCN)NC(=O)C(CC(=O)O)NC(=O)C(N)CCCCN)C(=O)O. The van der Waals surface area contributed by atoms with Gasteiger partial charge in [0.05, 0.1) is 12.5 Å². The predicted molar refractivity (Wildman–Crippen MR) is 132 cm³/mol. The van der Waals surface area contributed by atoms with Gasteiger partial charge in [-0.2, -0.15) is 11.8 Å². The zero-order valence-corrected chi connectivity index (χ0v) is 21.0. The Morgan fingerprint density at radius 2 is 1.26 bits per heavy atom. The van der Waals surface area contributed by atoms with Gasteiger partial charge >= 0.3 is 11.9 Å². The van der Waals surface area contributed by atoms with Crippen LogP contribution in [0.4, 0.5) is 0 Å². The Balaban J connectivity index is 5.42. The van der Waals surface area contributed by atoms with Crippen LogP contribution in [-0.4, -0.2) is 89.1 Å². The van der Waals surface area contributed by atoms with E-state index in [4.69, 9.17) is 17.2 Å². The molecule has 0 radical (unpaired) electrons. The first kappa shape index (κ1) is 32.6. The summed E-state index contributed by atoms with van der Waals surface area (Å²) in [5, 5.41) is 25.8. The van der Waals surface area contributed by atoms with E-state index in [1.807, 2.05) is 0 Å². The van der Waals surface area contributed by atoms with Crippen molar-refractivity contribution in [3.8, 4) is 0 Å². The number of carboxylic acids is 2. The first-order chi connectivity index (χ1) is 16.6. The molecule has 202 valence electrons. The Bertz CT molecular complexity index is 697. The van der Waals surface area contributed by atoms with Gasteiger partial charge in [0, 0.05) is 0 Å². The maximum Gasteiger partial charge on any atom is 0.326 e. The van der Waals surface area contributed by atoms with Gasteiger partial charge in [-0.3, -0.25) is 19.2 Å². The van der Waals surface area contributed by atoms with Crippen LogP contribution in [0.1, 0.15) is 51.4 Å².